The highest BCUT2D eigenvalue weighted by Crippen LogP contribution is 2.24. The second-order valence-corrected chi connectivity index (χ2v) is 5.99. The Bertz CT molecular complexity index is 754. The van der Waals surface area contributed by atoms with E-state index in [0.29, 0.717) is 24.5 Å². The molecule has 2 amide bonds. The van der Waals surface area contributed by atoms with Gasteiger partial charge in [-0.3, -0.25) is 14.3 Å². The minimum atomic E-state index is -0.390. The average molecular weight is 347 g/mol. The molecule has 0 bridgehead atoms. The minimum Gasteiger partial charge on any atom is -0.367 e. The number of hydrogen-bond acceptors (Lipinski definition) is 7. The topological polar surface area (TPSA) is 145 Å². The van der Waals surface area contributed by atoms with Crippen molar-refractivity contribution in [3.63, 3.8) is 0 Å². The molecule has 0 aromatic carbocycles. The molecular formula is C15H21N7O3. The van der Waals surface area contributed by atoms with Crippen LogP contribution in [0, 0.1) is 6.92 Å². The normalized spacial score (nSPS) is 15.4. The molecule has 0 radical (unpaired) electrons. The van der Waals surface area contributed by atoms with E-state index in [1.54, 1.807) is 24.2 Å². The van der Waals surface area contributed by atoms with Crippen LogP contribution in [-0.4, -0.2) is 51.3 Å². The lowest BCUT2D eigenvalue weighted by Gasteiger charge is -2.31. The van der Waals surface area contributed by atoms with E-state index in [9.17, 15) is 9.59 Å². The van der Waals surface area contributed by atoms with Gasteiger partial charge in [0.15, 0.2) is 0 Å². The first kappa shape index (κ1) is 17.0. The van der Waals surface area contributed by atoms with Crippen LogP contribution in [0.1, 0.15) is 34.9 Å². The molecule has 0 saturated carbocycles. The Morgan fingerprint density at radius 1 is 1.40 bits per heavy atom. The lowest BCUT2D eigenvalue weighted by atomic mass is 10.1. The third-order valence-electron chi connectivity index (χ3n) is 4.34. The van der Waals surface area contributed by atoms with E-state index in [4.69, 9.17) is 16.0 Å². The Hall–Kier alpha value is -2.88. The summed E-state index contributed by atoms with van der Waals surface area (Å²) in [5.41, 5.74) is 12.2. The standard InChI is InChI=1S/C15H21N7O3/c1-9-13(14(17)25-20-9)15(24)19-10-7-18-22(8-10)11-2-4-21(5-3-11)12(23)6-16/h7-8,11H,2-6,16-17H2,1H3,(H,19,24). The second kappa shape index (κ2) is 6.93. The van der Waals surface area contributed by atoms with Crippen molar-refractivity contribution in [3.05, 3.63) is 23.7 Å². The zero-order valence-corrected chi connectivity index (χ0v) is 13.9. The summed E-state index contributed by atoms with van der Waals surface area (Å²) in [6.45, 7) is 2.99. The number of nitrogens with two attached hydrogens (primary N) is 2. The van der Waals surface area contributed by atoms with Gasteiger partial charge in [-0.2, -0.15) is 5.10 Å². The van der Waals surface area contributed by atoms with Crippen molar-refractivity contribution < 1.29 is 14.1 Å². The smallest absolute Gasteiger partial charge is 0.263 e. The number of aromatic nitrogens is 3. The van der Waals surface area contributed by atoms with Crippen LogP contribution in [0.4, 0.5) is 11.6 Å². The number of rotatable bonds is 4. The average Bonchev–Trinajstić information content (AvgIpc) is 3.20. The van der Waals surface area contributed by atoms with Gasteiger partial charge in [0.25, 0.3) is 5.91 Å². The predicted octanol–water partition coefficient (Wildman–Crippen LogP) is 0.136. The Morgan fingerprint density at radius 2 is 2.12 bits per heavy atom. The molecular weight excluding hydrogens is 326 g/mol. The molecule has 10 nitrogen and oxygen atoms in total. The molecule has 134 valence electrons. The van der Waals surface area contributed by atoms with E-state index < -0.39 is 0 Å². The number of carbonyl (C=O) groups is 2. The van der Waals surface area contributed by atoms with E-state index in [2.05, 4.69) is 15.6 Å². The van der Waals surface area contributed by atoms with Crippen LogP contribution < -0.4 is 16.8 Å². The summed E-state index contributed by atoms with van der Waals surface area (Å²) in [5.74, 6) is -0.438. The number of piperidine rings is 1. The van der Waals surface area contributed by atoms with Crippen molar-refractivity contribution in [3.8, 4) is 0 Å². The van der Waals surface area contributed by atoms with Crippen molar-refractivity contribution in [2.24, 2.45) is 5.73 Å². The summed E-state index contributed by atoms with van der Waals surface area (Å²) in [4.78, 5) is 25.6. The molecule has 0 aliphatic carbocycles. The Morgan fingerprint density at radius 3 is 2.72 bits per heavy atom. The first-order valence-corrected chi connectivity index (χ1v) is 8.04. The number of nitrogen functional groups attached to an aromatic ring is 1. The SMILES string of the molecule is Cc1noc(N)c1C(=O)Nc1cnn(C2CCN(C(=O)CN)CC2)c1. The maximum atomic E-state index is 12.3. The monoisotopic (exact) mass is 347 g/mol. The lowest BCUT2D eigenvalue weighted by Crippen LogP contribution is -2.42. The van der Waals surface area contributed by atoms with Crippen LogP contribution in [0.2, 0.25) is 0 Å². The minimum absolute atomic E-state index is 0.0145. The van der Waals surface area contributed by atoms with E-state index in [1.165, 1.54) is 0 Å². The molecule has 2 aromatic heterocycles. The number of hydrogen-bond donors (Lipinski definition) is 3. The van der Waals surface area contributed by atoms with Crippen molar-refractivity contribution in [1.82, 2.24) is 19.8 Å². The molecule has 0 spiro atoms. The van der Waals surface area contributed by atoms with Crippen LogP contribution in [0.5, 0.6) is 0 Å². The van der Waals surface area contributed by atoms with Crippen LogP contribution >= 0.6 is 0 Å². The van der Waals surface area contributed by atoms with Crippen molar-refractivity contribution >= 4 is 23.4 Å². The second-order valence-electron chi connectivity index (χ2n) is 5.99. The number of amides is 2. The van der Waals surface area contributed by atoms with Crippen molar-refractivity contribution in [1.29, 1.82) is 0 Å². The zero-order chi connectivity index (χ0) is 18.0. The molecule has 0 unspecified atom stereocenters. The number of nitrogens with one attached hydrogen (secondary N) is 1. The quantitative estimate of drug-likeness (QED) is 0.713. The van der Waals surface area contributed by atoms with Gasteiger partial charge in [-0.1, -0.05) is 5.16 Å². The molecule has 3 heterocycles. The summed E-state index contributed by atoms with van der Waals surface area (Å²) in [6, 6.07) is 0.176. The molecule has 1 fully saturated rings. The fourth-order valence-corrected chi connectivity index (χ4v) is 2.97. The third-order valence-corrected chi connectivity index (χ3v) is 4.34. The highest BCUT2D eigenvalue weighted by molar-refractivity contribution is 6.07. The molecule has 2 aromatic rings. The summed E-state index contributed by atoms with van der Waals surface area (Å²) in [7, 11) is 0. The van der Waals surface area contributed by atoms with Gasteiger partial charge in [-0.05, 0) is 19.8 Å². The number of anilines is 2. The van der Waals surface area contributed by atoms with E-state index in [-0.39, 0.29) is 35.8 Å². The van der Waals surface area contributed by atoms with E-state index in [1.807, 2.05) is 4.68 Å². The molecule has 1 aliphatic heterocycles. The molecule has 10 heteroatoms. The van der Waals surface area contributed by atoms with Gasteiger partial charge < -0.3 is 26.2 Å². The Kier molecular flexibility index (Phi) is 4.70. The number of aryl methyl sites for hydroxylation is 1. The molecule has 1 aliphatic rings. The Balaban J connectivity index is 1.62. The summed E-state index contributed by atoms with van der Waals surface area (Å²) >= 11 is 0. The summed E-state index contributed by atoms with van der Waals surface area (Å²) in [6.07, 6.45) is 4.92. The molecule has 3 rings (SSSR count). The fourth-order valence-electron chi connectivity index (χ4n) is 2.97. The van der Waals surface area contributed by atoms with Crippen molar-refractivity contribution in [2.45, 2.75) is 25.8 Å². The van der Waals surface area contributed by atoms with Gasteiger partial charge in [0.05, 0.1) is 30.2 Å². The van der Waals surface area contributed by atoms with Gasteiger partial charge in [-0.15, -0.1) is 0 Å². The van der Waals surface area contributed by atoms with Crippen molar-refractivity contribution in [2.75, 3.05) is 30.7 Å². The maximum absolute atomic E-state index is 12.3. The highest BCUT2D eigenvalue weighted by Gasteiger charge is 2.24. The van der Waals surface area contributed by atoms with Crippen LogP contribution in [-0.2, 0) is 4.79 Å². The van der Waals surface area contributed by atoms with Crippen LogP contribution in [0.3, 0.4) is 0 Å². The first-order valence-electron chi connectivity index (χ1n) is 8.04. The van der Waals surface area contributed by atoms with E-state index >= 15 is 0 Å². The molecule has 5 N–H and O–H groups in total. The summed E-state index contributed by atoms with van der Waals surface area (Å²) < 4.78 is 6.61. The lowest BCUT2D eigenvalue weighted by molar-refractivity contribution is -0.130. The van der Waals surface area contributed by atoms with Gasteiger partial charge in [0.1, 0.15) is 5.56 Å². The molecule has 25 heavy (non-hydrogen) atoms. The number of carbonyl (C=O) groups excluding carboxylic acids is 2. The third kappa shape index (κ3) is 3.48. The van der Waals surface area contributed by atoms with E-state index in [0.717, 1.165) is 12.8 Å². The molecule has 0 atom stereocenters. The fraction of sp³-hybridized carbons (Fsp3) is 0.467. The van der Waals surface area contributed by atoms with Crippen LogP contribution in [0.15, 0.2) is 16.9 Å². The van der Waals surface area contributed by atoms with Gasteiger partial charge in [0, 0.05) is 19.3 Å². The van der Waals surface area contributed by atoms with Gasteiger partial charge in [0.2, 0.25) is 11.8 Å². The maximum Gasteiger partial charge on any atom is 0.263 e. The largest absolute Gasteiger partial charge is 0.367 e. The van der Waals surface area contributed by atoms with Gasteiger partial charge >= 0.3 is 0 Å². The highest BCUT2D eigenvalue weighted by atomic mass is 16.5. The predicted molar refractivity (Wildman–Crippen MR) is 89.7 cm³/mol. The molecule has 1 saturated heterocycles. The number of nitrogens with zero attached hydrogens (tertiary/aromatic N) is 4. The van der Waals surface area contributed by atoms with Gasteiger partial charge in [-0.25, -0.2) is 0 Å². The first-order chi connectivity index (χ1) is 12.0. The summed E-state index contributed by atoms with van der Waals surface area (Å²) in [5, 5.41) is 10.7. The number of likely N-dealkylation sites (tertiary alicyclic amines) is 1. The Labute approximate surface area is 144 Å². The zero-order valence-electron chi connectivity index (χ0n) is 13.9. The van der Waals surface area contributed by atoms with Crippen LogP contribution in [0.25, 0.3) is 0 Å².